The Kier molecular flexibility index (Phi) is 9.40. The minimum atomic E-state index is -4.04. The van der Waals surface area contributed by atoms with Gasteiger partial charge in [-0.2, -0.15) is 0 Å². The van der Waals surface area contributed by atoms with Crippen LogP contribution in [0, 0.1) is 0 Å². The number of benzene rings is 2. The van der Waals surface area contributed by atoms with Crippen LogP contribution in [-0.2, 0) is 25.8 Å². The van der Waals surface area contributed by atoms with Crippen molar-refractivity contribution < 1.29 is 27.9 Å². The minimum Gasteiger partial charge on any atom is -0.493 e. The molecule has 0 bridgehead atoms. The third-order valence-electron chi connectivity index (χ3n) is 6.76. The van der Waals surface area contributed by atoms with Crippen molar-refractivity contribution >= 4 is 33.8 Å². The van der Waals surface area contributed by atoms with Crippen LogP contribution in [0.5, 0.6) is 5.75 Å². The summed E-state index contributed by atoms with van der Waals surface area (Å²) in [5, 5.41) is 9.16. The van der Waals surface area contributed by atoms with Gasteiger partial charge in [0.15, 0.2) is 14.6 Å². The van der Waals surface area contributed by atoms with E-state index in [1.54, 1.807) is 12.1 Å². The maximum atomic E-state index is 13.3. The Morgan fingerprint density at radius 2 is 1.74 bits per heavy atom. The molecule has 0 radical (unpaired) electrons. The zero-order valence-electron chi connectivity index (χ0n) is 19.6. The molecule has 2 aromatic rings. The molecule has 4 rings (SSSR count). The molecular formula is C25H33ClN2O6S. The Hall–Kier alpha value is -2.33. The van der Waals surface area contributed by atoms with E-state index < -0.39 is 20.5 Å². The largest absolute Gasteiger partial charge is 0.493 e. The Bertz CT molecular complexity index is 1080. The first-order valence-corrected chi connectivity index (χ1v) is 13.3. The van der Waals surface area contributed by atoms with E-state index in [0.717, 1.165) is 19.5 Å². The number of hydrogen-bond donors (Lipinski definition) is 2. The second-order valence-corrected chi connectivity index (χ2v) is 11.1. The molecule has 0 unspecified atom stereocenters. The summed E-state index contributed by atoms with van der Waals surface area (Å²) in [6.45, 7) is 2.93. The fourth-order valence-electron chi connectivity index (χ4n) is 4.71. The van der Waals surface area contributed by atoms with E-state index in [4.69, 9.17) is 14.7 Å². The number of halogens is 1. The van der Waals surface area contributed by atoms with Crippen molar-refractivity contribution in [1.29, 1.82) is 0 Å². The lowest BCUT2D eigenvalue weighted by Gasteiger charge is -2.34. The summed E-state index contributed by atoms with van der Waals surface area (Å²) in [5.41, 5.74) is 3.97. The van der Waals surface area contributed by atoms with Gasteiger partial charge >= 0.3 is 0 Å². The number of hydroxylamine groups is 1. The predicted octanol–water partition coefficient (Wildman–Crippen LogP) is 3.55. The average Bonchev–Trinajstić information content (AvgIpc) is 2.89. The fourth-order valence-corrected chi connectivity index (χ4v) is 6.65. The Labute approximate surface area is 212 Å². The number of carbonyl (C=O) groups excluding carboxylic acids is 1. The highest BCUT2D eigenvalue weighted by molar-refractivity contribution is 7.93. The molecule has 2 aromatic carbocycles. The van der Waals surface area contributed by atoms with E-state index in [1.807, 2.05) is 0 Å². The number of piperidine rings is 1. The molecule has 2 aliphatic heterocycles. The van der Waals surface area contributed by atoms with E-state index in [-0.39, 0.29) is 43.4 Å². The van der Waals surface area contributed by atoms with Gasteiger partial charge in [0.25, 0.3) is 5.91 Å². The SMILES string of the molecule is Cl.O=C(NO)C1(S(=O)(=O)c2ccc(OCCc3cccc(N4CCCCC4)c3)cc2)CCOCC1. The van der Waals surface area contributed by atoms with Gasteiger partial charge < -0.3 is 14.4 Å². The van der Waals surface area contributed by atoms with Gasteiger partial charge in [0.1, 0.15) is 5.75 Å². The van der Waals surface area contributed by atoms with Gasteiger partial charge in [-0.05, 0) is 74.1 Å². The zero-order chi connectivity index (χ0) is 24.0. The van der Waals surface area contributed by atoms with Gasteiger partial charge in [-0.3, -0.25) is 10.0 Å². The van der Waals surface area contributed by atoms with E-state index in [2.05, 4.69) is 29.2 Å². The van der Waals surface area contributed by atoms with Crippen molar-refractivity contribution in [3.05, 3.63) is 54.1 Å². The van der Waals surface area contributed by atoms with Gasteiger partial charge in [0, 0.05) is 38.4 Å². The number of hydrogen-bond acceptors (Lipinski definition) is 7. The number of anilines is 1. The Morgan fingerprint density at radius 3 is 2.40 bits per heavy atom. The highest BCUT2D eigenvalue weighted by Crippen LogP contribution is 2.35. The fraction of sp³-hybridized carbons (Fsp3) is 0.480. The van der Waals surface area contributed by atoms with Crippen LogP contribution in [0.4, 0.5) is 5.69 Å². The molecule has 0 aliphatic carbocycles. The standard InChI is InChI=1S/C25H32N2O6S.ClH/c28-24(26-29)25(12-17-32-18-13-25)34(30,31)23-9-7-22(8-10-23)33-16-11-20-5-4-6-21(19-20)27-14-2-1-3-15-27;/h4-10,19,29H,1-3,11-18H2,(H,26,28);1H. The third-order valence-corrected chi connectivity index (χ3v) is 9.27. The molecule has 35 heavy (non-hydrogen) atoms. The minimum absolute atomic E-state index is 0. The first-order chi connectivity index (χ1) is 16.5. The van der Waals surface area contributed by atoms with E-state index in [9.17, 15) is 13.2 Å². The number of nitrogens with zero attached hydrogens (tertiary/aromatic N) is 1. The molecule has 8 nitrogen and oxygen atoms in total. The average molecular weight is 525 g/mol. The molecule has 2 saturated heterocycles. The number of sulfone groups is 1. The van der Waals surface area contributed by atoms with Crippen molar-refractivity contribution in [2.45, 2.75) is 48.2 Å². The molecule has 10 heteroatoms. The van der Waals surface area contributed by atoms with Crippen molar-refractivity contribution in [2.24, 2.45) is 0 Å². The molecule has 0 atom stereocenters. The molecule has 2 N–H and O–H groups in total. The lowest BCUT2D eigenvalue weighted by atomic mass is 9.98. The number of rotatable bonds is 8. The Morgan fingerprint density at radius 1 is 1.06 bits per heavy atom. The molecule has 192 valence electrons. The summed E-state index contributed by atoms with van der Waals surface area (Å²) in [7, 11) is -4.04. The highest BCUT2D eigenvalue weighted by Gasteiger charge is 2.52. The lowest BCUT2D eigenvalue weighted by Crippen LogP contribution is -2.54. The van der Waals surface area contributed by atoms with Crippen molar-refractivity contribution in [3.63, 3.8) is 0 Å². The predicted molar refractivity (Wildman–Crippen MR) is 135 cm³/mol. The zero-order valence-corrected chi connectivity index (χ0v) is 21.3. The van der Waals surface area contributed by atoms with Crippen LogP contribution in [0.25, 0.3) is 0 Å². The third kappa shape index (κ3) is 5.91. The topological polar surface area (TPSA) is 105 Å². The maximum absolute atomic E-state index is 13.3. The van der Waals surface area contributed by atoms with Gasteiger partial charge in [-0.25, -0.2) is 13.9 Å². The van der Waals surface area contributed by atoms with E-state index in [1.165, 1.54) is 48.1 Å². The monoisotopic (exact) mass is 524 g/mol. The van der Waals surface area contributed by atoms with Crippen molar-refractivity contribution in [3.8, 4) is 5.75 Å². The quantitative estimate of drug-likeness (QED) is 0.402. The first kappa shape index (κ1) is 27.3. The van der Waals surface area contributed by atoms with Crippen molar-refractivity contribution in [2.75, 3.05) is 37.8 Å². The van der Waals surface area contributed by atoms with Crippen LogP contribution in [-0.4, -0.2) is 57.2 Å². The van der Waals surface area contributed by atoms with Crippen LogP contribution < -0.4 is 15.1 Å². The van der Waals surface area contributed by atoms with Crippen LogP contribution in [0.3, 0.4) is 0 Å². The summed E-state index contributed by atoms with van der Waals surface area (Å²) in [4.78, 5) is 14.8. The highest BCUT2D eigenvalue weighted by atomic mass is 35.5. The molecule has 0 aromatic heterocycles. The summed E-state index contributed by atoms with van der Waals surface area (Å²) >= 11 is 0. The van der Waals surface area contributed by atoms with Crippen LogP contribution >= 0.6 is 12.4 Å². The second-order valence-electron chi connectivity index (χ2n) is 8.84. The van der Waals surface area contributed by atoms with Crippen molar-refractivity contribution in [1.82, 2.24) is 5.48 Å². The van der Waals surface area contributed by atoms with Gasteiger partial charge in [0.05, 0.1) is 11.5 Å². The summed E-state index contributed by atoms with van der Waals surface area (Å²) in [6.07, 6.45) is 4.47. The van der Waals surface area contributed by atoms with Gasteiger partial charge in [-0.15, -0.1) is 12.4 Å². The molecule has 0 spiro atoms. The first-order valence-electron chi connectivity index (χ1n) is 11.8. The van der Waals surface area contributed by atoms with E-state index in [0.29, 0.717) is 12.4 Å². The molecule has 2 aliphatic rings. The molecule has 0 saturated carbocycles. The maximum Gasteiger partial charge on any atom is 0.265 e. The lowest BCUT2D eigenvalue weighted by molar-refractivity contribution is -0.134. The number of amides is 1. The summed E-state index contributed by atoms with van der Waals surface area (Å²) < 4.78 is 36.0. The number of ether oxygens (including phenoxy) is 2. The molecule has 1 amide bonds. The Balaban J connectivity index is 0.00000342. The van der Waals surface area contributed by atoms with Crippen LogP contribution in [0.2, 0.25) is 0 Å². The second kappa shape index (κ2) is 12.1. The molecule has 2 fully saturated rings. The molecular weight excluding hydrogens is 492 g/mol. The van der Waals surface area contributed by atoms with Crippen LogP contribution in [0.15, 0.2) is 53.4 Å². The summed E-state index contributed by atoms with van der Waals surface area (Å²) in [5.74, 6) is -0.373. The normalized spacial score (nSPS) is 17.8. The molecule has 2 heterocycles. The number of carbonyl (C=O) groups is 1. The smallest absolute Gasteiger partial charge is 0.265 e. The number of nitrogens with one attached hydrogen (secondary N) is 1. The van der Waals surface area contributed by atoms with Gasteiger partial charge in [-0.1, -0.05) is 12.1 Å². The van der Waals surface area contributed by atoms with E-state index >= 15 is 0 Å². The summed E-state index contributed by atoms with van der Waals surface area (Å²) in [6, 6.07) is 14.6. The van der Waals surface area contributed by atoms with Gasteiger partial charge in [0.2, 0.25) is 0 Å². The van der Waals surface area contributed by atoms with Crippen LogP contribution in [0.1, 0.15) is 37.7 Å².